The Balaban J connectivity index is 3.09. The van der Waals surface area contributed by atoms with Gasteiger partial charge in [0, 0.05) is 6.42 Å². The maximum atomic E-state index is 9.75. The van der Waals surface area contributed by atoms with Crippen LogP contribution in [-0.4, -0.2) is 21.4 Å². The molecule has 0 amide bonds. The first-order valence-corrected chi connectivity index (χ1v) is 3.90. The van der Waals surface area contributed by atoms with Gasteiger partial charge in [-0.25, -0.2) is 0 Å². The lowest BCUT2D eigenvalue weighted by Gasteiger charge is -2.22. The molecule has 0 spiro atoms. The molecule has 2 unspecified atom stereocenters. The lowest BCUT2D eigenvalue weighted by Crippen LogP contribution is -2.29. The average molecular weight is 156 g/mol. The first kappa shape index (κ1) is 8.75. The molecule has 1 aliphatic carbocycles. The van der Waals surface area contributed by atoms with E-state index in [-0.39, 0.29) is 0 Å². The van der Waals surface area contributed by atoms with Crippen molar-refractivity contribution in [1.82, 2.24) is 0 Å². The molecule has 0 radical (unpaired) electrons. The van der Waals surface area contributed by atoms with E-state index in [1.807, 2.05) is 13.8 Å². The van der Waals surface area contributed by atoms with E-state index in [0.29, 0.717) is 6.42 Å². The van der Waals surface area contributed by atoms with Crippen LogP contribution in [0.25, 0.3) is 0 Å². The molecule has 0 aromatic rings. The normalized spacial score (nSPS) is 45.3. The molecule has 2 nitrogen and oxygen atoms in total. The van der Waals surface area contributed by atoms with Crippen LogP contribution in [-0.2, 0) is 0 Å². The Morgan fingerprint density at radius 3 is 1.36 bits per heavy atom. The van der Waals surface area contributed by atoms with Crippen LogP contribution < -0.4 is 0 Å². The van der Waals surface area contributed by atoms with E-state index in [0.717, 1.165) is 11.1 Å². The van der Waals surface area contributed by atoms with Crippen LogP contribution in [0.4, 0.5) is 0 Å². The van der Waals surface area contributed by atoms with Gasteiger partial charge < -0.3 is 10.2 Å². The lowest BCUT2D eigenvalue weighted by atomic mass is 9.95. The van der Waals surface area contributed by atoms with Crippen LogP contribution >= 0.6 is 0 Å². The van der Waals surface area contributed by atoms with Crippen LogP contribution in [0.3, 0.4) is 0 Å². The third-order valence-corrected chi connectivity index (χ3v) is 2.87. The molecule has 0 saturated heterocycles. The van der Waals surface area contributed by atoms with Crippen molar-refractivity contribution in [2.75, 3.05) is 0 Å². The molecule has 11 heavy (non-hydrogen) atoms. The Morgan fingerprint density at radius 1 is 1.00 bits per heavy atom. The van der Waals surface area contributed by atoms with Gasteiger partial charge in [0.25, 0.3) is 0 Å². The number of aliphatic hydroxyl groups is 2. The highest BCUT2D eigenvalue weighted by atomic mass is 16.3. The summed E-state index contributed by atoms with van der Waals surface area (Å²) in [6.07, 6.45) is 0.414. The quantitative estimate of drug-likeness (QED) is 0.518. The summed E-state index contributed by atoms with van der Waals surface area (Å²) in [6.45, 7) is 7.23. The van der Waals surface area contributed by atoms with Gasteiger partial charge in [0.2, 0.25) is 0 Å². The maximum Gasteiger partial charge on any atom is 0.0860 e. The molecule has 1 aliphatic rings. The van der Waals surface area contributed by atoms with Gasteiger partial charge in [0.15, 0.2) is 0 Å². The average Bonchev–Trinajstić information content (AvgIpc) is 1.91. The van der Waals surface area contributed by atoms with Crippen LogP contribution in [0.2, 0.25) is 0 Å². The maximum absolute atomic E-state index is 9.75. The molecule has 0 aliphatic heterocycles. The van der Waals surface area contributed by atoms with Crippen molar-refractivity contribution in [3.05, 3.63) is 11.1 Å². The highest BCUT2D eigenvalue weighted by Gasteiger charge is 2.43. The summed E-state index contributed by atoms with van der Waals surface area (Å²) >= 11 is 0. The lowest BCUT2D eigenvalue weighted by molar-refractivity contribution is 0.0202. The second-order valence-electron chi connectivity index (χ2n) is 3.97. The van der Waals surface area contributed by atoms with Crippen LogP contribution in [0.1, 0.15) is 34.1 Å². The molecule has 2 N–H and O–H groups in total. The van der Waals surface area contributed by atoms with Gasteiger partial charge in [-0.05, 0) is 38.8 Å². The molecule has 0 bridgehead atoms. The number of hydrogen-bond donors (Lipinski definition) is 2. The molecule has 0 heterocycles. The molecule has 0 aromatic heterocycles. The Morgan fingerprint density at radius 2 is 1.27 bits per heavy atom. The molecule has 2 atom stereocenters. The number of rotatable bonds is 0. The molecule has 0 saturated carbocycles. The van der Waals surface area contributed by atoms with Crippen molar-refractivity contribution in [1.29, 1.82) is 0 Å². The van der Waals surface area contributed by atoms with E-state index >= 15 is 0 Å². The Labute approximate surface area is 67.6 Å². The third-order valence-electron chi connectivity index (χ3n) is 2.87. The highest BCUT2D eigenvalue weighted by Crippen LogP contribution is 2.41. The second-order valence-corrected chi connectivity index (χ2v) is 3.97. The molecule has 2 heteroatoms. The van der Waals surface area contributed by atoms with Crippen molar-refractivity contribution in [2.45, 2.75) is 45.3 Å². The minimum Gasteiger partial charge on any atom is -0.386 e. The zero-order valence-corrected chi connectivity index (χ0v) is 7.60. The first-order chi connectivity index (χ1) is 4.77. The SMILES string of the molecule is CC1=C(C)C(C)(O)CC1(C)O. The Hall–Kier alpha value is -0.340. The summed E-state index contributed by atoms with van der Waals surface area (Å²) in [7, 11) is 0. The smallest absolute Gasteiger partial charge is 0.0860 e. The molecule has 0 aromatic carbocycles. The summed E-state index contributed by atoms with van der Waals surface area (Å²) in [5.74, 6) is 0. The van der Waals surface area contributed by atoms with Crippen molar-refractivity contribution in [2.24, 2.45) is 0 Å². The van der Waals surface area contributed by atoms with Gasteiger partial charge in [0.05, 0.1) is 11.2 Å². The standard InChI is InChI=1S/C9H16O2/c1-6-7(2)9(4,11)5-8(6,3)10/h10-11H,5H2,1-4H3. The van der Waals surface area contributed by atoms with E-state index in [4.69, 9.17) is 0 Å². The van der Waals surface area contributed by atoms with Crippen LogP contribution in [0.5, 0.6) is 0 Å². The third kappa shape index (κ3) is 1.21. The molecular formula is C9H16O2. The van der Waals surface area contributed by atoms with Gasteiger partial charge in [0.1, 0.15) is 0 Å². The van der Waals surface area contributed by atoms with E-state index in [1.54, 1.807) is 13.8 Å². The van der Waals surface area contributed by atoms with Gasteiger partial charge in [-0.15, -0.1) is 0 Å². The van der Waals surface area contributed by atoms with E-state index in [2.05, 4.69) is 0 Å². The predicted molar refractivity (Wildman–Crippen MR) is 44.2 cm³/mol. The largest absolute Gasteiger partial charge is 0.386 e. The summed E-state index contributed by atoms with van der Waals surface area (Å²) in [5.41, 5.74) is 0.186. The van der Waals surface area contributed by atoms with E-state index in [9.17, 15) is 10.2 Å². The van der Waals surface area contributed by atoms with Crippen molar-refractivity contribution >= 4 is 0 Å². The summed E-state index contributed by atoms with van der Waals surface area (Å²) in [6, 6.07) is 0. The minimum absolute atomic E-state index is 0.414. The number of hydrogen-bond acceptors (Lipinski definition) is 2. The molecular weight excluding hydrogens is 140 g/mol. The second kappa shape index (κ2) is 2.08. The summed E-state index contributed by atoms with van der Waals surface area (Å²) in [5, 5.41) is 19.5. The molecule has 64 valence electrons. The van der Waals surface area contributed by atoms with Gasteiger partial charge in [-0.1, -0.05) is 0 Å². The predicted octanol–water partition coefficient (Wildman–Crippen LogP) is 1.23. The van der Waals surface area contributed by atoms with Gasteiger partial charge in [-0.2, -0.15) is 0 Å². The Bertz CT molecular complexity index is 190. The fourth-order valence-corrected chi connectivity index (χ4v) is 1.74. The van der Waals surface area contributed by atoms with Crippen LogP contribution in [0, 0.1) is 0 Å². The van der Waals surface area contributed by atoms with Gasteiger partial charge in [-0.3, -0.25) is 0 Å². The van der Waals surface area contributed by atoms with E-state index in [1.165, 1.54) is 0 Å². The minimum atomic E-state index is -0.812. The molecule has 0 fully saturated rings. The topological polar surface area (TPSA) is 40.5 Å². The van der Waals surface area contributed by atoms with Crippen LogP contribution in [0.15, 0.2) is 11.1 Å². The molecule has 1 rings (SSSR count). The Kier molecular flexibility index (Phi) is 1.66. The fraction of sp³-hybridized carbons (Fsp3) is 0.778. The van der Waals surface area contributed by atoms with E-state index < -0.39 is 11.2 Å². The van der Waals surface area contributed by atoms with Crippen molar-refractivity contribution < 1.29 is 10.2 Å². The summed E-state index contributed by atoms with van der Waals surface area (Å²) < 4.78 is 0. The zero-order valence-electron chi connectivity index (χ0n) is 7.60. The van der Waals surface area contributed by atoms with Crippen molar-refractivity contribution in [3.8, 4) is 0 Å². The monoisotopic (exact) mass is 156 g/mol. The summed E-state index contributed by atoms with van der Waals surface area (Å²) in [4.78, 5) is 0. The highest BCUT2D eigenvalue weighted by molar-refractivity contribution is 5.34. The van der Waals surface area contributed by atoms with Gasteiger partial charge >= 0.3 is 0 Å². The fourth-order valence-electron chi connectivity index (χ4n) is 1.74. The zero-order chi connectivity index (χ0) is 8.86. The van der Waals surface area contributed by atoms with Crippen molar-refractivity contribution in [3.63, 3.8) is 0 Å². The first-order valence-electron chi connectivity index (χ1n) is 3.90.